The van der Waals surface area contributed by atoms with Gasteiger partial charge in [0.1, 0.15) is 0 Å². The molecule has 1 unspecified atom stereocenters. The summed E-state index contributed by atoms with van der Waals surface area (Å²) in [5.41, 5.74) is 0.783. The van der Waals surface area contributed by atoms with Gasteiger partial charge in [-0.3, -0.25) is 4.98 Å². The molecule has 2 heterocycles. The third-order valence-electron chi connectivity index (χ3n) is 3.48. The molecule has 0 aromatic carbocycles. The van der Waals surface area contributed by atoms with Crippen molar-refractivity contribution in [2.24, 2.45) is 0 Å². The quantitative estimate of drug-likeness (QED) is 0.794. The number of rotatable bonds is 6. The highest BCUT2D eigenvalue weighted by molar-refractivity contribution is 6.30. The molecule has 1 atom stereocenters. The summed E-state index contributed by atoms with van der Waals surface area (Å²) in [6.07, 6.45) is 7.48. The number of amides is 2. The van der Waals surface area contributed by atoms with Gasteiger partial charge in [0, 0.05) is 19.3 Å². The summed E-state index contributed by atoms with van der Waals surface area (Å²) >= 11 is 5.75. The van der Waals surface area contributed by atoms with Gasteiger partial charge in [-0.05, 0) is 44.2 Å². The van der Waals surface area contributed by atoms with E-state index in [1.54, 1.807) is 18.3 Å². The first-order chi connectivity index (χ1) is 10.2. The van der Waals surface area contributed by atoms with Crippen LogP contribution < -0.4 is 10.6 Å². The van der Waals surface area contributed by atoms with Crippen molar-refractivity contribution < 1.29 is 9.53 Å². The first-order valence-electron chi connectivity index (χ1n) is 7.48. The lowest BCUT2D eigenvalue weighted by Gasteiger charge is -2.22. The Morgan fingerprint density at radius 2 is 2.29 bits per heavy atom. The molecule has 0 aliphatic carbocycles. The lowest BCUT2D eigenvalue weighted by atomic mass is 10.0. The second kappa shape index (κ2) is 8.85. The monoisotopic (exact) mass is 311 g/mol. The van der Waals surface area contributed by atoms with Crippen LogP contribution in [0, 0.1) is 0 Å². The van der Waals surface area contributed by atoms with Gasteiger partial charge in [0.15, 0.2) is 0 Å². The van der Waals surface area contributed by atoms with E-state index >= 15 is 0 Å². The largest absolute Gasteiger partial charge is 0.378 e. The van der Waals surface area contributed by atoms with Gasteiger partial charge in [0.05, 0.1) is 23.4 Å². The molecule has 2 amide bonds. The van der Waals surface area contributed by atoms with Crippen molar-refractivity contribution in [2.75, 3.05) is 13.2 Å². The fourth-order valence-electron chi connectivity index (χ4n) is 2.31. The Morgan fingerprint density at radius 1 is 1.38 bits per heavy atom. The summed E-state index contributed by atoms with van der Waals surface area (Å²) in [4.78, 5) is 15.7. The van der Waals surface area contributed by atoms with Gasteiger partial charge in [0.2, 0.25) is 0 Å². The number of nitrogens with zero attached hydrogens (tertiary/aromatic N) is 1. The zero-order valence-corrected chi connectivity index (χ0v) is 12.9. The summed E-state index contributed by atoms with van der Waals surface area (Å²) in [6, 6.07) is 3.38. The van der Waals surface area contributed by atoms with Crippen LogP contribution in [0.3, 0.4) is 0 Å². The van der Waals surface area contributed by atoms with Gasteiger partial charge >= 0.3 is 6.03 Å². The van der Waals surface area contributed by atoms with E-state index in [9.17, 15) is 4.79 Å². The standard InChI is InChI=1S/C15H22ClN3O2/c16-12-6-7-13(18-10-12)11-19-15(20)17-8-3-5-14-4-1-2-9-21-14/h6-7,10,14H,1-5,8-9,11H2,(H2,17,19,20). The maximum Gasteiger partial charge on any atom is 0.315 e. The maximum atomic E-state index is 11.6. The summed E-state index contributed by atoms with van der Waals surface area (Å²) in [5.74, 6) is 0. The first-order valence-corrected chi connectivity index (χ1v) is 7.85. The van der Waals surface area contributed by atoms with Gasteiger partial charge in [-0.1, -0.05) is 11.6 Å². The Kier molecular flexibility index (Phi) is 6.76. The Labute approximate surface area is 130 Å². The van der Waals surface area contributed by atoms with Crippen molar-refractivity contribution >= 4 is 17.6 Å². The molecule has 1 aliphatic heterocycles. The highest BCUT2D eigenvalue weighted by atomic mass is 35.5. The number of aromatic nitrogens is 1. The molecule has 1 fully saturated rings. The molecular formula is C15H22ClN3O2. The van der Waals surface area contributed by atoms with Crippen LogP contribution in [0.2, 0.25) is 5.02 Å². The molecular weight excluding hydrogens is 290 g/mol. The van der Waals surface area contributed by atoms with Gasteiger partial charge < -0.3 is 15.4 Å². The summed E-state index contributed by atoms with van der Waals surface area (Å²) in [5, 5.41) is 6.21. The van der Waals surface area contributed by atoms with E-state index in [-0.39, 0.29) is 6.03 Å². The van der Waals surface area contributed by atoms with Crippen molar-refractivity contribution in [3.8, 4) is 0 Å². The second-order valence-electron chi connectivity index (χ2n) is 5.21. The van der Waals surface area contributed by atoms with Crippen LogP contribution >= 0.6 is 11.6 Å². The Hall–Kier alpha value is -1.33. The zero-order chi connectivity index (χ0) is 14.9. The minimum absolute atomic E-state index is 0.170. The Bertz CT molecular complexity index is 433. The molecule has 2 rings (SSSR count). The van der Waals surface area contributed by atoms with Gasteiger partial charge in [-0.15, -0.1) is 0 Å². The van der Waals surface area contributed by atoms with Crippen molar-refractivity contribution in [1.29, 1.82) is 0 Å². The summed E-state index contributed by atoms with van der Waals surface area (Å²) < 4.78 is 5.65. The van der Waals surface area contributed by atoms with Crippen LogP contribution in [0.15, 0.2) is 18.3 Å². The van der Waals surface area contributed by atoms with E-state index in [4.69, 9.17) is 16.3 Å². The van der Waals surface area contributed by atoms with E-state index < -0.39 is 0 Å². The highest BCUT2D eigenvalue weighted by Gasteiger charge is 2.13. The van der Waals surface area contributed by atoms with Crippen LogP contribution in [0.25, 0.3) is 0 Å². The second-order valence-corrected chi connectivity index (χ2v) is 5.64. The van der Waals surface area contributed by atoms with Crippen LogP contribution in [0.1, 0.15) is 37.8 Å². The van der Waals surface area contributed by atoms with E-state index in [2.05, 4.69) is 15.6 Å². The first kappa shape index (κ1) is 16.0. The minimum Gasteiger partial charge on any atom is -0.378 e. The Morgan fingerprint density at radius 3 is 3.00 bits per heavy atom. The lowest BCUT2D eigenvalue weighted by molar-refractivity contribution is 0.0103. The molecule has 2 N–H and O–H groups in total. The smallest absolute Gasteiger partial charge is 0.315 e. The van der Waals surface area contributed by atoms with Crippen molar-refractivity contribution in [3.05, 3.63) is 29.0 Å². The molecule has 0 bridgehead atoms. The van der Waals surface area contributed by atoms with Crippen LogP contribution in [-0.4, -0.2) is 30.3 Å². The maximum absolute atomic E-state index is 11.6. The van der Waals surface area contributed by atoms with E-state index in [1.807, 2.05) is 0 Å². The average molecular weight is 312 g/mol. The summed E-state index contributed by atoms with van der Waals surface area (Å²) in [6.45, 7) is 1.95. The van der Waals surface area contributed by atoms with Crippen molar-refractivity contribution in [2.45, 2.75) is 44.8 Å². The third-order valence-corrected chi connectivity index (χ3v) is 3.70. The number of nitrogens with one attached hydrogen (secondary N) is 2. The van der Waals surface area contributed by atoms with Crippen LogP contribution in [0.4, 0.5) is 4.79 Å². The van der Waals surface area contributed by atoms with Gasteiger partial charge in [0.25, 0.3) is 0 Å². The molecule has 0 spiro atoms. The molecule has 0 saturated carbocycles. The molecule has 0 radical (unpaired) electrons. The molecule has 1 aromatic rings. The number of ether oxygens (including phenoxy) is 1. The predicted octanol–water partition coefficient (Wildman–Crippen LogP) is 2.88. The van der Waals surface area contributed by atoms with Gasteiger partial charge in [-0.2, -0.15) is 0 Å². The number of hydrogen-bond donors (Lipinski definition) is 2. The van der Waals surface area contributed by atoms with Crippen molar-refractivity contribution in [1.82, 2.24) is 15.6 Å². The van der Waals surface area contributed by atoms with Gasteiger partial charge in [-0.25, -0.2) is 4.79 Å². The molecule has 1 saturated heterocycles. The number of carbonyl (C=O) groups is 1. The average Bonchev–Trinajstić information content (AvgIpc) is 2.52. The molecule has 116 valence electrons. The number of carbonyl (C=O) groups excluding carboxylic acids is 1. The van der Waals surface area contributed by atoms with Crippen LogP contribution in [-0.2, 0) is 11.3 Å². The zero-order valence-electron chi connectivity index (χ0n) is 12.1. The highest BCUT2D eigenvalue weighted by Crippen LogP contribution is 2.16. The van der Waals surface area contributed by atoms with E-state index in [1.165, 1.54) is 12.8 Å². The molecule has 1 aromatic heterocycles. The summed E-state index contributed by atoms with van der Waals surface area (Å²) in [7, 11) is 0. The fourth-order valence-corrected chi connectivity index (χ4v) is 2.42. The third kappa shape index (κ3) is 6.31. The number of urea groups is 1. The van der Waals surface area contributed by atoms with E-state index in [0.717, 1.165) is 31.6 Å². The number of pyridine rings is 1. The Balaban J connectivity index is 1.54. The minimum atomic E-state index is -0.170. The topological polar surface area (TPSA) is 63.2 Å². The molecule has 21 heavy (non-hydrogen) atoms. The number of hydrogen-bond acceptors (Lipinski definition) is 3. The van der Waals surface area contributed by atoms with Crippen molar-refractivity contribution in [3.63, 3.8) is 0 Å². The lowest BCUT2D eigenvalue weighted by Crippen LogP contribution is -2.36. The van der Waals surface area contributed by atoms with E-state index in [0.29, 0.717) is 24.2 Å². The molecule has 1 aliphatic rings. The number of halogens is 1. The molecule has 6 heteroatoms. The predicted molar refractivity (Wildman–Crippen MR) is 82.3 cm³/mol. The molecule has 5 nitrogen and oxygen atoms in total. The fraction of sp³-hybridized carbons (Fsp3) is 0.600. The SMILES string of the molecule is O=C(NCCCC1CCCCO1)NCc1ccc(Cl)cn1. The van der Waals surface area contributed by atoms with Crippen LogP contribution in [0.5, 0.6) is 0 Å². The normalized spacial score (nSPS) is 18.2.